The fourth-order valence-electron chi connectivity index (χ4n) is 3.15. The Labute approximate surface area is 142 Å². The van der Waals surface area contributed by atoms with E-state index in [-0.39, 0.29) is 17.7 Å². The quantitative estimate of drug-likeness (QED) is 0.688. The number of likely N-dealkylation sites (tertiary alicyclic amines) is 1. The minimum atomic E-state index is -0.0854. The second kappa shape index (κ2) is 5.83. The van der Waals surface area contributed by atoms with Gasteiger partial charge in [-0.25, -0.2) is 0 Å². The summed E-state index contributed by atoms with van der Waals surface area (Å²) >= 11 is 1.26. The van der Waals surface area contributed by atoms with Crippen LogP contribution in [0.15, 0.2) is 36.5 Å². The lowest BCUT2D eigenvalue weighted by Crippen LogP contribution is -2.31. The van der Waals surface area contributed by atoms with Gasteiger partial charge in [-0.05, 0) is 44.0 Å². The Morgan fingerprint density at radius 3 is 2.79 bits per heavy atom. The molecule has 3 aromatic heterocycles. The fourth-order valence-corrected chi connectivity index (χ4v) is 4.01. The predicted molar refractivity (Wildman–Crippen MR) is 90.3 cm³/mol. The van der Waals surface area contributed by atoms with Gasteiger partial charge in [-0.3, -0.25) is 14.0 Å². The first kappa shape index (κ1) is 15.0. The molecule has 0 bridgehead atoms. The lowest BCUT2D eigenvalue weighted by Gasteiger charge is -2.22. The smallest absolute Gasteiger partial charge is 0.264 e. The molecule has 0 aliphatic carbocycles. The van der Waals surface area contributed by atoms with Crippen molar-refractivity contribution < 1.29 is 9.59 Å². The van der Waals surface area contributed by atoms with Crippen molar-refractivity contribution in [2.24, 2.45) is 0 Å². The zero-order valence-corrected chi connectivity index (χ0v) is 14.0. The highest BCUT2D eigenvalue weighted by molar-refractivity contribution is 7.15. The van der Waals surface area contributed by atoms with Gasteiger partial charge >= 0.3 is 0 Å². The second-order valence-electron chi connectivity index (χ2n) is 5.86. The summed E-state index contributed by atoms with van der Waals surface area (Å²) in [6.07, 6.45) is 3.72. The molecule has 6 nitrogen and oxygen atoms in total. The van der Waals surface area contributed by atoms with Crippen LogP contribution in [0.3, 0.4) is 0 Å². The number of hydrogen-bond donors (Lipinski definition) is 0. The molecule has 7 heteroatoms. The molecule has 1 amide bonds. The number of ketones is 1. The molecule has 1 fully saturated rings. The Morgan fingerprint density at radius 1 is 1.17 bits per heavy atom. The first-order valence-electron chi connectivity index (χ1n) is 7.86. The molecule has 1 saturated heterocycles. The first-order valence-corrected chi connectivity index (χ1v) is 8.68. The van der Waals surface area contributed by atoms with Crippen LogP contribution in [0.25, 0.3) is 5.65 Å². The van der Waals surface area contributed by atoms with Gasteiger partial charge in [0.2, 0.25) is 0 Å². The molecule has 4 heterocycles. The van der Waals surface area contributed by atoms with Gasteiger partial charge < -0.3 is 4.90 Å². The van der Waals surface area contributed by atoms with Crippen LogP contribution in [-0.2, 0) is 0 Å². The summed E-state index contributed by atoms with van der Waals surface area (Å²) < 4.78 is 1.94. The highest BCUT2D eigenvalue weighted by Gasteiger charge is 2.34. The van der Waals surface area contributed by atoms with Gasteiger partial charge in [0, 0.05) is 12.7 Å². The van der Waals surface area contributed by atoms with E-state index in [0.29, 0.717) is 16.3 Å². The van der Waals surface area contributed by atoms with E-state index in [9.17, 15) is 9.59 Å². The van der Waals surface area contributed by atoms with Gasteiger partial charge in [-0.2, -0.15) is 0 Å². The van der Waals surface area contributed by atoms with Gasteiger partial charge in [0.15, 0.2) is 17.3 Å². The number of pyridine rings is 1. The maximum Gasteiger partial charge on any atom is 0.264 e. The predicted octanol–water partition coefficient (Wildman–Crippen LogP) is 2.97. The number of fused-ring (bicyclic) bond motifs is 1. The highest BCUT2D eigenvalue weighted by Crippen LogP contribution is 2.33. The minimum absolute atomic E-state index is 0.0135. The molecule has 122 valence electrons. The lowest BCUT2D eigenvalue weighted by atomic mass is 10.2. The summed E-state index contributed by atoms with van der Waals surface area (Å²) in [6.45, 7) is 2.21. The third kappa shape index (κ3) is 2.41. The summed E-state index contributed by atoms with van der Waals surface area (Å²) in [6, 6.07) is 9.12. The number of thiophene rings is 1. The van der Waals surface area contributed by atoms with Crippen LogP contribution in [0.5, 0.6) is 0 Å². The van der Waals surface area contributed by atoms with Crippen molar-refractivity contribution in [1.29, 1.82) is 0 Å². The van der Waals surface area contributed by atoms with Gasteiger partial charge in [0.1, 0.15) is 0 Å². The molecule has 0 saturated carbocycles. The summed E-state index contributed by atoms with van der Waals surface area (Å²) in [4.78, 5) is 27.4. The number of rotatable bonds is 3. The zero-order valence-electron chi connectivity index (χ0n) is 13.2. The molecule has 0 spiro atoms. The Kier molecular flexibility index (Phi) is 3.65. The molecule has 3 aromatic rings. The molecule has 1 aliphatic heterocycles. The Hall–Kier alpha value is -2.54. The standard InChI is InChI=1S/C17H16N4O2S/c1-11(22)13-7-8-14(24-13)17(23)20-10-4-5-12(20)16-19-18-15-6-2-3-9-21(15)16/h2-3,6-9,12H,4-5,10H2,1H3. The molecule has 4 rings (SSSR count). The van der Waals surface area contributed by atoms with E-state index in [0.717, 1.165) is 24.3 Å². The molecular formula is C17H16N4O2S. The number of aromatic nitrogens is 3. The fraction of sp³-hybridized carbons (Fsp3) is 0.294. The zero-order chi connectivity index (χ0) is 16.7. The molecule has 0 N–H and O–H groups in total. The van der Waals surface area contributed by atoms with E-state index in [1.54, 1.807) is 12.1 Å². The number of carbonyl (C=O) groups excluding carboxylic acids is 2. The molecule has 0 aromatic carbocycles. The molecule has 0 radical (unpaired) electrons. The van der Waals surface area contributed by atoms with Gasteiger partial charge in [-0.15, -0.1) is 21.5 Å². The van der Waals surface area contributed by atoms with E-state index in [1.165, 1.54) is 18.3 Å². The van der Waals surface area contributed by atoms with Crippen molar-refractivity contribution in [2.45, 2.75) is 25.8 Å². The van der Waals surface area contributed by atoms with Crippen molar-refractivity contribution in [3.63, 3.8) is 0 Å². The highest BCUT2D eigenvalue weighted by atomic mass is 32.1. The van der Waals surface area contributed by atoms with Gasteiger partial charge in [-0.1, -0.05) is 6.07 Å². The number of nitrogens with zero attached hydrogens (tertiary/aromatic N) is 4. The van der Waals surface area contributed by atoms with Gasteiger partial charge in [0.25, 0.3) is 5.91 Å². The summed E-state index contributed by atoms with van der Waals surface area (Å²) in [5, 5.41) is 8.50. The van der Waals surface area contributed by atoms with E-state index in [1.807, 2.05) is 33.7 Å². The summed E-state index contributed by atoms with van der Waals surface area (Å²) in [5.74, 6) is 0.739. The Morgan fingerprint density at radius 2 is 2.00 bits per heavy atom. The van der Waals surface area contributed by atoms with E-state index >= 15 is 0 Å². The SMILES string of the molecule is CC(=O)c1ccc(C(=O)N2CCCC2c2nnc3ccccn23)s1. The van der Waals surface area contributed by atoms with Crippen molar-refractivity contribution >= 4 is 28.7 Å². The molecule has 1 unspecified atom stereocenters. The molecule has 1 atom stereocenters. The average molecular weight is 340 g/mol. The Balaban J connectivity index is 1.67. The van der Waals surface area contributed by atoms with Gasteiger partial charge in [0.05, 0.1) is 15.8 Å². The van der Waals surface area contributed by atoms with Crippen LogP contribution >= 0.6 is 11.3 Å². The van der Waals surface area contributed by atoms with E-state index < -0.39 is 0 Å². The van der Waals surface area contributed by atoms with E-state index in [4.69, 9.17) is 0 Å². The second-order valence-corrected chi connectivity index (χ2v) is 6.95. The van der Waals surface area contributed by atoms with Crippen molar-refractivity contribution in [3.05, 3.63) is 52.1 Å². The van der Waals surface area contributed by atoms with Crippen molar-refractivity contribution in [1.82, 2.24) is 19.5 Å². The normalized spacial score (nSPS) is 17.5. The number of amides is 1. The first-order chi connectivity index (χ1) is 11.6. The van der Waals surface area contributed by atoms with Crippen LogP contribution in [0.4, 0.5) is 0 Å². The summed E-state index contributed by atoms with van der Waals surface area (Å²) in [7, 11) is 0. The molecule has 1 aliphatic rings. The Bertz CT molecular complexity index is 929. The van der Waals surface area contributed by atoms with Crippen LogP contribution in [0, 0.1) is 0 Å². The van der Waals surface area contributed by atoms with Crippen molar-refractivity contribution in [2.75, 3.05) is 6.54 Å². The van der Waals surface area contributed by atoms with E-state index in [2.05, 4.69) is 10.2 Å². The van der Waals surface area contributed by atoms with Crippen LogP contribution in [0.1, 0.15) is 51.0 Å². The largest absolute Gasteiger partial charge is 0.328 e. The average Bonchev–Trinajstić information content (AvgIpc) is 3.31. The topological polar surface area (TPSA) is 67.6 Å². The summed E-state index contributed by atoms with van der Waals surface area (Å²) in [5.41, 5.74) is 0.779. The van der Waals surface area contributed by atoms with Crippen molar-refractivity contribution in [3.8, 4) is 0 Å². The monoisotopic (exact) mass is 340 g/mol. The maximum atomic E-state index is 12.9. The minimum Gasteiger partial charge on any atom is -0.328 e. The molecular weight excluding hydrogens is 324 g/mol. The van der Waals surface area contributed by atoms with Crippen LogP contribution < -0.4 is 0 Å². The molecule has 24 heavy (non-hydrogen) atoms. The third-order valence-corrected chi connectivity index (χ3v) is 5.49. The third-order valence-electron chi connectivity index (χ3n) is 4.32. The number of hydrogen-bond acceptors (Lipinski definition) is 5. The number of carbonyl (C=O) groups is 2. The van der Waals surface area contributed by atoms with Crippen LogP contribution in [0.2, 0.25) is 0 Å². The lowest BCUT2D eigenvalue weighted by molar-refractivity contribution is 0.0734. The maximum absolute atomic E-state index is 12.9. The van der Waals surface area contributed by atoms with Crippen LogP contribution in [-0.4, -0.2) is 37.7 Å². The number of Topliss-reactive ketones (excluding diaryl/α,β-unsaturated/α-hetero) is 1.